The van der Waals surface area contributed by atoms with Crippen molar-refractivity contribution in [3.05, 3.63) is 0 Å². The Morgan fingerprint density at radius 3 is 2.37 bits per heavy atom. The smallest absolute Gasteiger partial charge is 0.0720 e. The Hall–Kier alpha value is 0.540. The summed E-state index contributed by atoms with van der Waals surface area (Å²) in [6, 6.07) is 0. The lowest BCUT2D eigenvalue weighted by atomic mass is 9.44. The second kappa shape index (κ2) is 8.39. The van der Waals surface area contributed by atoms with E-state index in [9.17, 15) is 5.11 Å². The van der Waals surface area contributed by atoms with Crippen molar-refractivity contribution in [2.75, 3.05) is 0 Å². The Balaban J connectivity index is 1.51. The van der Waals surface area contributed by atoms with Crippen molar-refractivity contribution in [1.29, 1.82) is 0 Å². The van der Waals surface area contributed by atoms with E-state index in [-0.39, 0.29) is 15.7 Å². The number of hydrogen-bond acceptors (Lipinski definition) is 1. The van der Waals surface area contributed by atoms with Gasteiger partial charge in [0.05, 0.1) is 16.4 Å². The van der Waals surface area contributed by atoms with Crippen molar-refractivity contribution in [2.45, 2.75) is 122 Å². The van der Waals surface area contributed by atoms with Crippen molar-refractivity contribution in [3.63, 3.8) is 0 Å². The fourth-order valence-corrected chi connectivity index (χ4v) is 10.1. The molecule has 4 saturated carbocycles. The zero-order valence-electron chi connectivity index (χ0n) is 20.1. The number of aliphatic hydroxyl groups is 1. The molecular weight excluding hydrogens is 411 g/mol. The van der Waals surface area contributed by atoms with Gasteiger partial charge in [-0.25, -0.2) is 0 Å². The quantitative estimate of drug-likeness (QED) is 0.414. The van der Waals surface area contributed by atoms with Crippen LogP contribution in [0.2, 0.25) is 0 Å². The van der Waals surface area contributed by atoms with Gasteiger partial charge in [0.2, 0.25) is 0 Å². The zero-order valence-corrected chi connectivity index (χ0v) is 21.6. The summed E-state index contributed by atoms with van der Waals surface area (Å²) in [6.45, 7) is 12.4. The molecule has 2 unspecified atom stereocenters. The van der Waals surface area contributed by atoms with Crippen LogP contribution in [0.25, 0.3) is 0 Å². The number of hydrogen-bond donors (Lipinski definition) is 1. The Morgan fingerprint density at radius 2 is 1.67 bits per heavy atom. The fraction of sp³-hybridized carbons (Fsp3) is 1.00. The van der Waals surface area contributed by atoms with E-state index in [0.717, 1.165) is 42.4 Å². The summed E-state index contributed by atoms with van der Waals surface area (Å²) in [7, 11) is 0. The average Bonchev–Trinajstić information content (AvgIpc) is 3.01. The Labute approximate surface area is 196 Å². The van der Waals surface area contributed by atoms with Crippen molar-refractivity contribution < 1.29 is 5.11 Å². The lowest BCUT2D eigenvalue weighted by Gasteiger charge is -2.64. The Morgan fingerprint density at radius 1 is 0.933 bits per heavy atom. The van der Waals surface area contributed by atoms with Gasteiger partial charge in [-0.05, 0) is 97.7 Å². The van der Waals surface area contributed by atoms with E-state index in [1.165, 1.54) is 51.4 Å². The summed E-state index contributed by atoms with van der Waals surface area (Å²) in [5, 5.41) is 10.3. The van der Waals surface area contributed by atoms with E-state index in [1.54, 1.807) is 0 Å². The van der Waals surface area contributed by atoms with E-state index in [1.807, 2.05) is 0 Å². The van der Waals surface area contributed by atoms with Crippen LogP contribution in [0.3, 0.4) is 0 Å². The summed E-state index contributed by atoms with van der Waals surface area (Å²) in [6.07, 6.45) is 13.2. The van der Waals surface area contributed by atoms with E-state index < -0.39 is 6.10 Å². The third kappa shape index (κ3) is 3.69. The van der Waals surface area contributed by atoms with Gasteiger partial charge in [-0.2, -0.15) is 0 Å². The SMILES string of the molecule is CC(C)CCC[C@@H](C)[C@H]1CC[C@H]2[C@@H]3CCC4(Cl)C[C@@H](O)C(Cl)C[C@]4(C)[C@H]3CC[C@]12C. The maximum absolute atomic E-state index is 10.5. The maximum Gasteiger partial charge on any atom is 0.0720 e. The van der Waals surface area contributed by atoms with Gasteiger partial charge in [0.1, 0.15) is 0 Å². The number of aliphatic hydroxyl groups excluding tert-OH is 1. The van der Waals surface area contributed by atoms with E-state index >= 15 is 0 Å². The summed E-state index contributed by atoms with van der Waals surface area (Å²) in [5.41, 5.74) is 0.598. The van der Waals surface area contributed by atoms with E-state index in [2.05, 4.69) is 34.6 Å². The fourth-order valence-electron chi connectivity index (χ4n) is 9.19. The van der Waals surface area contributed by atoms with Crippen LogP contribution in [0.5, 0.6) is 0 Å². The van der Waals surface area contributed by atoms with E-state index in [0.29, 0.717) is 17.8 Å². The summed E-state index contributed by atoms with van der Waals surface area (Å²) >= 11 is 14.0. The predicted octanol–water partition coefficient (Wildman–Crippen LogP) is 8.05. The molecule has 0 aliphatic heterocycles. The second-order valence-electron chi connectivity index (χ2n) is 12.8. The van der Waals surface area contributed by atoms with Crippen LogP contribution in [-0.2, 0) is 0 Å². The number of alkyl halides is 2. The minimum Gasteiger partial charge on any atom is -0.392 e. The Kier molecular flexibility index (Phi) is 6.63. The van der Waals surface area contributed by atoms with Crippen LogP contribution in [0.1, 0.15) is 105 Å². The third-order valence-electron chi connectivity index (χ3n) is 10.9. The molecule has 1 N–H and O–H groups in total. The van der Waals surface area contributed by atoms with Gasteiger partial charge < -0.3 is 5.11 Å². The zero-order chi connectivity index (χ0) is 21.9. The molecule has 174 valence electrons. The normalized spacial score (nSPS) is 51.9. The van der Waals surface area contributed by atoms with Crippen LogP contribution in [0.4, 0.5) is 0 Å². The molecule has 0 saturated heterocycles. The highest BCUT2D eigenvalue weighted by molar-refractivity contribution is 6.25. The molecular formula is C27H46Cl2O. The largest absolute Gasteiger partial charge is 0.392 e. The first-order valence-corrected chi connectivity index (χ1v) is 13.8. The summed E-state index contributed by atoms with van der Waals surface area (Å²) in [4.78, 5) is -0.255. The minimum absolute atomic E-state index is 0.0748. The third-order valence-corrected chi connectivity index (χ3v) is 12.1. The molecule has 10 atom stereocenters. The predicted molar refractivity (Wildman–Crippen MR) is 129 cm³/mol. The molecule has 0 heterocycles. The van der Waals surface area contributed by atoms with Crippen molar-refractivity contribution in [2.24, 2.45) is 46.3 Å². The summed E-state index contributed by atoms with van der Waals surface area (Å²) < 4.78 is 0. The van der Waals surface area contributed by atoms with Crippen LogP contribution in [0.15, 0.2) is 0 Å². The van der Waals surface area contributed by atoms with Gasteiger partial charge in [0.15, 0.2) is 0 Å². The molecule has 0 aromatic carbocycles. The number of halogens is 2. The van der Waals surface area contributed by atoms with Crippen molar-refractivity contribution in [1.82, 2.24) is 0 Å². The van der Waals surface area contributed by atoms with Gasteiger partial charge in [0.25, 0.3) is 0 Å². The van der Waals surface area contributed by atoms with Crippen molar-refractivity contribution >= 4 is 23.2 Å². The first kappa shape index (κ1) is 23.7. The van der Waals surface area contributed by atoms with Gasteiger partial charge >= 0.3 is 0 Å². The molecule has 3 heteroatoms. The molecule has 1 nitrogen and oxygen atoms in total. The summed E-state index contributed by atoms with van der Waals surface area (Å²) in [5.74, 6) is 4.96. The average molecular weight is 458 g/mol. The lowest BCUT2D eigenvalue weighted by Crippen LogP contribution is -2.62. The molecule has 0 amide bonds. The highest BCUT2D eigenvalue weighted by Gasteiger charge is 2.65. The molecule has 4 aliphatic rings. The van der Waals surface area contributed by atoms with Gasteiger partial charge in [0, 0.05) is 0 Å². The molecule has 0 spiro atoms. The molecule has 0 aromatic rings. The lowest BCUT2D eigenvalue weighted by molar-refractivity contribution is -0.117. The minimum atomic E-state index is -0.440. The molecule has 30 heavy (non-hydrogen) atoms. The maximum atomic E-state index is 10.5. The number of fused-ring (bicyclic) bond motifs is 5. The first-order valence-electron chi connectivity index (χ1n) is 13.0. The van der Waals surface area contributed by atoms with Crippen LogP contribution in [0, 0.1) is 46.3 Å². The van der Waals surface area contributed by atoms with Crippen molar-refractivity contribution in [3.8, 4) is 0 Å². The van der Waals surface area contributed by atoms with E-state index in [4.69, 9.17) is 23.2 Å². The highest BCUT2D eigenvalue weighted by atomic mass is 35.5. The monoisotopic (exact) mass is 456 g/mol. The second-order valence-corrected chi connectivity index (χ2v) is 14.1. The van der Waals surface area contributed by atoms with Gasteiger partial charge in [-0.15, -0.1) is 23.2 Å². The molecule has 0 radical (unpaired) electrons. The first-order chi connectivity index (χ1) is 14.0. The molecule has 4 rings (SSSR count). The molecule has 0 aromatic heterocycles. The molecule has 4 aliphatic carbocycles. The van der Waals surface area contributed by atoms with Crippen LogP contribution >= 0.6 is 23.2 Å². The van der Waals surface area contributed by atoms with Gasteiger partial charge in [-0.1, -0.05) is 53.9 Å². The topological polar surface area (TPSA) is 20.2 Å². The molecule has 4 fully saturated rings. The standard InChI is InChI=1S/C27H46Cl2O/c1-17(2)7-6-8-18(3)20-9-10-21-19-11-14-27(29)16-24(30)23(28)15-26(27,5)22(19)12-13-25(20,21)4/h17-24,30H,6-16H2,1-5H3/t18-,19+,20-,21+,22+,23?,24-,25-,26-,27?/m1/s1. The molecule has 0 bridgehead atoms. The highest BCUT2D eigenvalue weighted by Crippen LogP contribution is 2.70. The van der Waals surface area contributed by atoms with Crippen LogP contribution in [-0.4, -0.2) is 21.5 Å². The number of rotatable bonds is 5. The Bertz CT molecular complexity index is 622. The van der Waals surface area contributed by atoms with Crippen LogP contribution < -0.4 is 0 Å². The van der Waals surface area contributed by atoms with Gasteiger partial charge in [-0.3, -0.25) is 0 Å².